The number of benzene rings is 1. The Morgan fingerprint density at radius 3 is 2.82 bits per heavy atom. The third kappa shape index (κ3) is 3.85. The molecule has 2 atom stereocenters. The van der Waals surface area contributed by atoms with E-state index < -0.39 is 6.10 Å². The van der Waals surface area contributed by atoms with E-state index in [2.05, 4.69) is 5.10 Å². The van der Waals surface area contributed by atoms with Crippen LogP contribution in [0.5, 0.6) is 11.5 Å². The van der Waals surface area contributed by atoms with Gasteiger partial charge in [0, 0.05) is 37.7 Å². The number of likely N-dealkylation sites (tertiary alicyclic amines) is 1. The van der Waals surface area contributed by atoms with Gasteiger partial charge in [-0.2, -0.15) is 5.10 Å². The number of piperidine rings is 1. The van der Waals surface area contributed by atoms with Gasteiger partial charge >= 0.3 is 0 Å². The van der Waals surface area contributed by atoms with Crippen molar-refractivity contribution in [3.8, 4) is 11.5 Å². The largest absolute Gasteiger partial charge is 0.454 e. The molecule has 1 N–H and O–H groups in total. The lowest BCUT2D eigenvalue weighted by Gasteiger charge is -2.36. The van der Waals surface area contributed by atoms with Crippen LogP contribution in [0.3, 0.4) is 0 Å². The molecule has 1 saturated heterocycles. The van der Waals surface area contributed by atoms with Gasteiger partial charge < -0.3 is 19.5 Å². The van der Waals surface area contributed by atoms with E-state index in [-0.39, 0.29) is 18.6 Å². The molecule has 1 amide bonds. The molecule has 0 spiro atoms. The van der Waals surface area contributed by atoms with Crippen molar-refractivity contribution >= 4 is 5.91 Å². The van der Waals surface area contributed by atoms with Crippen LogP contribution in [-0.2, 0) is 11.3 Å². The number of rotatable bonds is 5. The maximum absolute atomic E-state index is 12.6. The Bertz CT molecular complexity index is 863. The molecule has 1 aromatic carbocycles. The average molecular weight is 385 g/mol. The van der Waals surface area contributed by atoms with Crippen molar-refractivity contribution in [2.45, 2.75) is 51.7 Å². The van der Waals surface area contributed by atoms with Crippen molar-refractivity contribution in [2.24, 2.45) is 0 Å². The van der Waals surface area contributed by atoms with E-state index in [1.165, 1.54) is 0 Å². The molecule has 1 aromatic heterocycles. The van der Waals surface area contributed by atoms with Crippen LogP contribution in [0.4, 0.5) is 0 Å². The number of amides is 1. The first-order valence-corrected chi connectivity index (χ1v) is 9.87. The zero-order valence-corrected chi connectivity index (χ0v) is 16.4. The normalized spacial score (nSPS) is 21.2. The van der Waals surface area contributed by atoms with Gasteiger partial charge in [0.15, 0.2) is 11.5 Å². The highest BCUT2D eigenvalue weighted by molar-refractivity contribution is 5.76. The molecule has 150 valence electrons. The number of hydrogen-bond acceptors (Lipinski definition) is 5. The molecule has 4 rings (SSSR count). The SMILES string of the molecule is Cc1cc(C)n(CCCC(=O)N2CC[C@@H](c3ccc4c(c3)OCO4)[C@H](O)C2)n1. The summed E-state index contributed by atoms with van der Waals surface area (Å²) in [6, 6.07) is 7.86. The van der Waals surface area contributed by atoms with E-state index in [1.807, 2.05) is 42.8 Å². The van der Waals surface area contributed by atoms with Gasteiger partial charge in [-0.05, 0) is 50.5 Å². The second kappa shape index (κ2) is 7.83. The number of hydrogen-bond donors (Lipinski definition) is 1. The minimum absolute atomic E-state index is 0.00764. The van der Waals surface area contributed by atoms with Gasteiger partial charge in [0.1, 0.15) is 0 Å². The van der Waals surface area contributed by atoms with Crippen LogP contribution in [0.15, 0.2) is 24.3 Å². The van der Waals surface area contributed by atoms with E-state index in [0.717, 1.165) is 47.8 Å². The van der Waals surface area contributed by atoms with E-state index in [9.17, 15) is 9.90 Å². The standard InChI is InChI=1S/C21H27N3O4/c1-14-10-15(2)24(22-14)8-3-4-21(26)23-9-7-17(18(25)12-23)16-5-6-19-20(11-16)28-13-27-19/h5-6,10-11,17-18,25H,3-4,7-9,12-13H2,1-2H3/t17-,18+/m0/s1. The highest BCUT2D eigenvalue weighted by Crippen LogP contribution is 2.37. The number of aliphatic hydroxyl groups excluding tert-OH is 1. The van der Waals surface area contributed by atoms with Gasteiger partial charge in [0.05, 0.1) is 11.8 Å². The van der Waals surface area contributed by atoms with Crippen molar-refractivity contribution in [3.63, 3.8) is 0 Å². The molecule has 7 nitrogen and oxygen atoms in total. The van der Waals surface area contributed by atoms with Crippen LogP contribution < -0.4 is 9.47 Å². The number of carbonyl (C=O) groups excluding carboxylic acids is 1. The van der Waals surface area contributed by atoms with Crippen LogP contribution >= 0.6 is 0 Å². The van der Waals surface area contributed by atoms with Gasteiger partial charge in [-0.1, -0.05) is 6.07 Å². The number of fused-ring (bicyclic) bond motifs is 1. The summed E-state index contributed by atoms with van der Waals surface area (Å²) in [6.07, 6.45) is 1.39. The summed E-state index contributed by atoms with van der Waals surface area (Å²) in [5.74, 6) is 1.58. The lowest BCUT2D eigenvalue weighted by Crippen LogP contribution is -2.45. The molecule has 2 aliphatic heterocycles. The predicted molar refractivity (Wildman–Crippen MR) is 103 cm³/mol. The first-order valence-electron chi connectivity index (χ1n) is 9.87. The van der Waals surface area contributed by atoms with Crippen molar-refractivity contribution in [3.05, 3.63) is 41.2 Å². The number of ether oxygens (including phenoxy) is 2. The van der Waals surface area contributed by atoms with Crippen LogP contribution in [0, 0.1) is 13.8 Å². The monoisotopic (exact) mass is 385 g/mol. The second-order valence-corrected chi connectivity index (χ2v) is 7.67. The van der Waals surface area contributed by atoms with E-state index in [4.69, 9.17) is 9.47 Å². The zero-order valence-electron chi connectivity index (χ0n) is 16.4. The van der Waals surface area contributed by atoms with Gasteiger partial charge in [0.2, 0.25) is 12.7 Å². The molecule has 0 unspecified atom stereocenters. The van der Waals surface area contributed by atoms with Crippen molar-refractivity contribution in [1.82, 2.24) is 14.7 Å². The van der Waals surface area contributed by atoms with Crippen molar-refractivity contribution in [2.75, 3.05) is 19.9 Å². The molecular formula is C21H27N3O4. The zero-order chi connectivity index (χ0) is 19.7. The lowest BCUT2D eigenvalue weighted by molar-refractivity contribution is -0.134. The van der Waals surface area contributed by atoms with Crippen LogP contribution in [0.1, 0.15) is 42.1 Å². The predicted octanol–water partition coefficient (Wildman–Crippen LogP) is 2.39. The fourth-order valence-corrected chi connectivity index (χ4v) is 4.13. The fraction of sp³-hybridized carbons (Fsp3) is 0.524. The molecule has 3 heterocycles. The summed E-state index contributed by atoms with van der Waals surface area (Å²) in [5, 5.41) is 15.1. The Balaban J connectivity index is 1.29. The van der Waals surface area contributed by atoms with E-state index in [1.54, 1.807) is 4.90 Å². The molecule has 0 aliphatic carbocycles. The topological polar surface area (TPSA) is 76.8 Å². The van der Waals surface area contributed by atoms with Gasteiger partial charge in [0.25, 0.3) is 0 Å². The molecule has 2 aromatic rings. The number of aromatic nitrogens is 2. The smallest absolute Gasteiger partial charge is 0.231 e. The Kier molecular flexibility index (Phi) is 5.26. The second-order valence-electron chi connectivity index (χ2n) is 7.67. The minimum Gasteiger partial charge on any atom is -0.454 e. The first-order chi connectivity index (χ1) is 13.5. The van der Waals surface area contributed by atoms with Crippen LogP contribution in [-0.4, -0.2) is 51.7 Å². The molecule has 7 heteroatoms. The third-order valence-corrected chi connectivity index (χ3v) is 5.62. The summed E-state index contributed by atoms with van der Waals surface area (Å²) in [4.78, 5) is 14.4. The Labute approximate surface area is 164 Å². The third-order valence-electron chi connectivity index (χ3n) is 5.62. The van der Waals surface area contributed by atoms with E-state index >= 15 is 0 Å². The molecule has 1 fully saturated rings. The Morgan fingerprint density at radius 1 is 1.25 bits per heavy atom. The Morgan fingerprint density at radius 2 is 2.07 bits per heavy atom. The van der Waals surface area contributed by atoms with Crippen molar-refractivity contribution in [1.29, 1.82) is 0 Å². The average Bonchev–Trinajstić information content (AvgIpc) is 3.26. The summed E-state index contributed by atoms with van der Waals surface area (Å²) in [5.41, 5.74) is 3.15. The van der Waals surface area contributed by atoms with Crippen LogP contribution in [0.2, 0.25) is 0 Å². The number of β-amino-alcohol motifs (C(OH)–C–C–N with tert-alkyl or cyclic N) is 1. The highest BCUT2D eigenvalue weighted by atomic mass is 16.7. The maximum Gasteiger partial charge on any atom is 0.231 e. The highest BCUT2D eigenvalue weighted by Gasteiger charge is 2.31. The molecule has 28 heavy (non-hydrogen) atoms. The number of carbonyl (C=O) groups is 1. The van der Waals surface area contributed by atoms with Gasteiger partial charge in [-0.15, -0.1) is 0 Å². The summed E-state index contributed by atoms with van der Waals surface area (Å²) in [6.45, 7) is 6.01. The summed E-state index contributed by atoms with van der Waals surface area (Å²) in [7, 11) is 0. The van der Waals surface area contributed by atoms with Crippen LogP contribution in [0.25, 0.3) is 0 Å². The number of nitrogens with zero attached hydrogens (tertiary/aromatic N) is 3. The van der Waals surface area contributed by atoms with Gasteiger partial charge in [-0.25, -0.2) is 0 Å². The molecular weight excluding hydrogens is 358 g/mol. The lowest BCUT2D eigenvalue weighted by atomic mass is 9.86. The van der Waals surface area contributed by atoms with Gasteiger partial charge in [-0.3, -0.25) is 9.48 Å². The first kappa shape index (κ1) is 18.8. The Hall–Kier alpha value is -2.54. The minimum atomic E-state index is -0.575. The van der Waals surface area contributed by atoms with E-state index in [0.29, 0.717) is 19.5 Å². The molecule has 0 saturated carbocycles. The van der Waals surface area contributed by atoms with Crippen molar-refractivity contribution < 1.29 is 19.4 Å². The number of aryl methyl sites for hydroxylation is 3. The quantitative estimate of drug-likeness (QED) is 0.855. The fourth-order valence-electron chi connectivity index (χ4n) is 4.13. The molecule has 0 bridgehead atoms. The summed E-state index contributed by atoms with van der Waals surface area (Å²) < 4.78 is 12.7. The summed E-state index contributed by atoms with van der Waals surface area (Å²) >= 11 is 0. The maximum atomic E-state index is 12.6. The molecule has 0 radical (unpaired) electrons. The molecule has 2 aliphatic rings. The number of aliphatic hydroxyl groups is 1.